The Bertz CT molecular complexity index is 4010. The Kier molecular flexibility index (Phi) is 7.61. The molecular weight excluding hydrogens is 789 g/mol. The van der Waals surface area contributed by atoms with Crippen molar-refractivity contribution in [3.63, 3.8) is 0 Å². The minimum atomic E-state index is -0.0454. The molecule has 10 aromatic carbocycles. The van der Waals surface area contributed by atoms with Gasteiger partial charge in [0.1, 0.15) is 22.3 Å². The number of hydrogen-bond acceptors (Lipinski definition) is 2. The van der Waals surface area contributed by atoms with Gasteiger partial charge in [0.25, 0.3) is 0 Å². The molecule has 2 aliphatic rings. The van der Waals surface area contributed by atoms with Gasteiger partial charge in [-0.05, 0) is 143 Å². The van der Waals surface area contributed by atoms with Crippen molar-refractivity contribution in [2.45, 2.75) is 32.1 Å². The van der Waals surface area contributed by atoms with Crippen molar-refractivity contribution in [1.82, 2.24) is 0 Å². The van der Waals surface area contributed by atoms with Crippen molar-refractivity contribution in [3.05, 3.63) is 216 Å². The lowest BCUT2D eigenvalue weighted by Crippen LogP contribution is -2.14. The van der Waals surface area contributed by atoms with Crippen LogP contribution in [-0.4, -0.2) is 0 Å². The summed E-state index contributed by atoms with van der Waals surface area (Å²) in [6, 6.07) is 69.2. The van der Waals surface area contributed by atoms with Crippen LogP contribution in [0.2, 0.25) is 0 Å². The van der Waals surface area contributed by atoms with Gasteiger partial charge in [0.05, 0.1) is 0 Å². The van der Waals surface area contributed by atoms with Gasteiger partial charge < -0.3 is 8.83 Å². The predicted molar refractivity (Wildman–Crippen MR) is 273 cm³/mol. The first-order chi connectivity index (χ1) is 32.0. The summed E-state index contributed by atoms with van der Waals surface area (Å²) in [5, 5.41) is 9.40. The number of furan rings is 2. The zero-order valence-electron chi connectivity index (χ0n) is 36.2. The average Bonchev–Trinajstić information content (AvgIpc) is 3.98. The number of para-hydroxylation sites is 1. The predicted octanol–water partition coefficient (Wildman–Crippen LogP) is 17.6. The lowest BCUT2D eigenvalue weighted by Gasteiger charge is -2.26. The van der Waals surface area contributed by atoms with E-state index in [1.165, 1.54) is 99.4 Å². The summed E-state index contributed by atoms with van der Waals surface area (Å²) in [5.41, 5.74) is 21.9. The number of allylic oxidation sites excluding steroid dienone is 1. The zero-order chi connectivity index (χ0) is 43.0. The Morgan fingerprint density at radius 3 is 1.77 bits per heavy atom. The molecular formula is C63H42O2. The fourth-order valence-corrected chi connectivity index (χ4v) is 11.8. The third kappa shape index (κ3) is 5.29. The molecule has 2 nitrogen and oxygen atoms in total. The maximum Gasteiger partial charge on any atom is 0.136 e. The minimum Gasteiger partial charge on any atom is -0.456 e. The van der Waals surface area contributed by atoms with E-state index in [1.807, 2.05) is 12.1 Å². The summed E-state index contributed by atoms with van der Waals surface area (Å²) in [6.45, 7) is 4.72. The fourth-order valence-electron chi connectivity index (χ4n) is 11.8. The first-order valence-corrected chi connectivity index (χ1v) is 22.9. The van der Waals surface area contributed by atoms with E-state index in [2.05, 4.69) is 196 Å². The van der Waals surface area contributed by atoms with Crippen LogP contribution in [0.1, 0.15) is 48.1 Å². The van der Waals surface area contributed by atoms with Gasteiger partial charge in [0.15, 0.2) is 0 Å². The summed E-state index contributed by atoms with van der Waals surface area (Å²) in [4.78, 5) is 0. The summed E-state index contributed by atoms with van der Waals surface area (Å²) in [7, 11) is 0. The van der Waals surface area contributed by atoms with Gasteiger partial charge in [-0.15, -0.1) is 0 Å². The Labute approximate surface area is 376 Å². The largest absolute Gasteiger partial charge is 0.456 e. The second-order valence-electron chi connectivity index (χ2n) is 18.6. The summed E-state index contributed by atoms with van der Waals surface area (Å²) < 4.78 is 13.0. The molecule has 0 unspecified atom stereocenters. The molecule has 0 atom stereocenters. The van der Waals surface area contributed by atoms with Gasteiger partial charge in [-0.25, -0.2) is 0 Å². The fraction of sp³-hybridized carbons (Fsp3) is 0.0794. The highest BCUT2D eigenvalue weighted by molar-refractivity contribution is 6.17. The SMILES string of the molecule is CC1(C)c2ccccc2-c2c(-c3ccc(-c4c5c(c(-c6ccc7oc8cc9c(cc8c7c6)oc6ccccc69)c6ccccc46)C=C(c4cccc6ccccc46)CC5)cc3)cccc21. The highest BCUT2D eigenvalue weighted by Gasteiger charge is 2.36. The van der Waals surface area contributed by atoms with Gasteiger partial charge in [0.2, 0.25) is 0 Å². The van der Waals surface area contributed by atoms with Crippen LogP contribution in [0, 0.1) is 0 Å². The molecule has 2 aromatic heterocycles. The minimum absolute atomic E-state index is 0.0454. The lowest BCUT2D eigenvalue weighted by molar-refractivity contribution is 0.660. The van der Waals surface area contributed by atoms with Crippen LogP contribution >= 0.6 is 0 Å². The molecule has 0 saturated heterocycles. The van der Waals surface area contributed by atoms with E-state index >= 15 is 0 Å². The van der Waals surface area contributed by atoms with Crippen molar-refractivity contribution in [1.29, 1.82) is 0 Å². The second-order valence-corrected chi connectivity index (χ2v) is 18.6. The summed E-state index contributed by atoms with van der Waals surface area (Å²) in [5.74, 6) is 0. The molecule has 0 saturated carbocycles. The number of hydrogen-bond donors (Lipinski definition) is 0. The van der Waals surface area contributed by atoms with Gasteiger partial charge in [0, 0.05) is 27.0 Å². The third-order valence-electron chi connectivity index (χ3n) is 14.8. The zero-order valence-corrected chi connectivity index (χ0v) is 36.2. The van der Waals surface area contributed by atoms with E-state index in [0.717, 1.165) is 56.7 Å². The molecule has 0 amide bonds. The van der Waals surface area contributed by atoms with Crippen LogP contribution in [0.15, 0.2) is 197 Å². The van der Waals surface area contributed by atoms with Crippen LogP contribution in [0.4, 0.5) is 0 Å². The van der Waals surface area contributed by atoms with Crippen molar-refractivity contribution < 1.29 is 8.83 Å². The molecule has 65 heavy (non-hydrogen) atoms. The highest BCUT2D eigenvalue weighted by atomic mass is 16.3. The lowest BCUT2D eigenvalue weighted by atomic mass is 9.77. The number of benzene rings is 10. The van der Waals surface area contributed by atoms with Crippen LogP contribution in [0.5, 0.6) is 0 Å². The molecule has 2 heteroatoms. The number of fused-ring (bicyclic) bond motifs is 12. The first-order valence-electron chi connectivity index (χ1n) is 22.9. The molecule has 0 spiro atoms. The molecule has 306 valence electrons. The monoisotopic (exact) mass is 830 g/mol. The topological polar surface area (TPSA) is 26.3 Å². The van der Waals surface area contributed by atoms with Crippen molar-refractivity contribution >= 4 is 77.1 Å². The molecule has 0 aliphatic heterocycles. The maximum absolute atomic E-state index is 6.60. The molecule has 0 bridgehead atoms. The van der Waals surface area contributed by atoms with Gasteiger partial charge >= 0.3 is 0 Å². The third-order valence-corrected chi connectivity index (χ3v) is 14.8. The van der Waals surface area contributed by atoms with Gasteiger partial charge in [-0.2, -0.15) is 0 Å². The van der Waals surface area contributed by atoms with Crippen molar-refractivity contribution in [2.24, 2.45) is 0 Å². The van der Waals surface area contributed by atoms with Gasteiger partial charge in [-0.3, -0.25) is 0 Å². The quantitative estimate of drug-likeness (QED) is 0.177. The van der Waals surface area contributed by atoms with Crippen LogP contribution < -0.4 is 0 Å². The van der Waals surface area contributed by atoms with E-state index < -0.39 is 0 Å². The Hall–Kier alpha value is -7.94. The molecule has 2 aliphatic carbocycles. The Morgan fingerprint density at radius 2 is 0.938 bits per heavy atom. The average molecular weight is 831 g/mol. The molecule has 0 radical (unpaired) electrons. The standard InChI is InChI=1S/C63H42O2/c1-63(2)54-22-9-7-19-49(54)62-44(21-12-23-55(62)63)38-25-27-39(28-26-38)60-46-17-5-6-18-47(46)61(53-33-40(29-31-48(53)60)43-20-11-14-37-13-3-4-15-42(37)43)41-30-32-57-50(34-41)52-36-58-51(35-59(52)65-57)45-16-8-10-24-56(45)64-58/h3-28,30,32-36H,29,31H2,1-2H3. The molecule has 0 fully saturated rings. The highest BCUT2D eigenvalue weighted by Crippen LogP contribution is 2.53. The maximum atomic E-state index is 6.60. The van der Waals surface area contributed by atoms with Crippen molar-refractivity contribution in [2.75, 3.05) is 0 Å². The van der Waals surface area contributed by atoms with E-state index in [9.17, 15) is 0 Å². The Morgan fingerprint density at radius 1 is 0.369 bits per heavy atom. The van der Waals surface area contributed by atoms with Crippen LogP contribution in [0.3, 0.4) is 0 Å². The number of rotatable bonds is 4. The van der Waals surface area contributed by atoms with E-state index in [4.69, 9.17) is 8.83 Å². The molecule has 12 aromatic rings. The molecule has 14 rings (SSSR count). The molecule has 2 heterocycles. The van der Waals surface area contributed by atoms with Crippen molar-refractivity contribution in [3.8, 4) is 44.5 Å². The van der Waals surface area contributed by atoms with Crippen LogP contribution in [0.25, 0.3) is 122 Å². The smallest absolute Gasteiger partial charge is 0.136 e. The van der Waals surface area contributed by atoms with E-state index in [1.54, 1.807) is 0 Å². The van der Waals surface area contributed by atoms with E-state index in [-0.39, 0.29) is 5.41 Å². The summed E-state index contributed by atoms with van der Waals surface area (Å²) >= 11 is 0. The van der Waals surface area contributed by atoms with Crippen LogP contribution in [-0.2, 0) is 11.8 Å². The summed E-state index contributed by atoms with van der Waals surface area (Å²) in [6.07, 6.45) is 4.40. The second kappa shape index (κ2) is 13.5. The van der Waals surface area contributed by atoms with E-state index in [0.29, 0.717) is 0 Å². The normalized spacial score (nSPS) is 14.1. The Balaban J connectivity index is 0.988. The first kappa shape index (κ1) is 36.5. The van der Waals surface area contributed by atoms with Gasteiger partial charge in [-0.1, -0.05) is 178 Å². The molecule has 0 N–H and O–H groups in total.